The van der Waals surface area contributed by atoms with E-state index in [9.17, 15) is 0 Å². The third-order valence-corrected chi connectivity index (χ3v) is 10.1. The Kier molecular flexibility index (Phi) is 6.57. The van der Waals surface area contributed by atoms with E-state index in [1.807, 2.05) is 91.0 Å². The van der Waals surface area contributed by atoms with Gasteiger partial charge in [0.25, 0.3) is 0 Å². The predicted octanol–water partition coefficient (Wildman–Crippen LogP) is 11.3. The Balaban J connectivity index is 1.17. The number of thiophene rings is 1. The van der Waals surface area contributed by atoms with E-state index in [2.05, 4.69) is 60.7 Å². The molecule has 0 saturated carbocycles. The maximum absolute atomic E-state index is 6.58. The van der Waals surface area contributed by atoms with Crippen molar-refractivity contribution >= 4 is 53.6 Å². The van der Waals surface area contributed by atoms with Gasteiger partial charge >= 0.3 is 0 Å². The standard InChI is InChI=1S/C43H25N5OS/c1-4-13-26(14-5-1)40-44-37(39-38(45-40)31-19-10-11-22-35(31)50-39)29-23-24-30-34(25-29)49-33-21-12-20-32(36(30)33)43-47-41(27-15-6-2-7-16-27)46-42(48-43)28-17-8-3-9-18-28/h1-25H. The second-order valence-electron chi connectivity index (χ2n) is 12.1. The van der Waals surface area contributed by atoms with Crippen molar-refractivity contribution < 1.29 is 4.42 Å². The van der Waals surface area contributed by atoms with Crippen molar-refractivity contribution in [1.82, 2.24) is 24.9 Å². The second kappa shape index (κ2) is 11.5. The molecule has 0 aliphatic rings. The van der Waals surface area contributed by atoms with Crippen molar-refractivity contribution in [2.75, 3.05) is 0 Å². The molecule has 0 amide bonds. The van der Waals surface area contributed by atoms with Gasteiger partial charge in [-0.05, 0) is 24.3 Å². The summed E-state index contributed by atoms with van der Waals surface area (Å²) >= 11 is 1.72. The largest absolute Gasteiger partial charge is 0.456 e. The zero-order chi connectivity index (χ0) is 33.0. The zero-order valence-corrected chi connectivity index (χ0v) is 27.3. The quantitative estimate of drug-likeness (QED) is 0.183. The molecule has 7 heteroatoms. The molecule has 0 spiro atoms. The van der Waals surface area contributed by atoms with Gasteiger partial charge in [0, 0.05) is 48.7 Å². The van der Waals surface area contributed by atoms with Crippen LogP contribution in [0.4, 0.5) is 0 Å². The summed E-state index contributed by atoms with van der Waals surface area (Å²) in [6, 6.07) is 51.0. The third kappa shape index (κ3) is 4.75. The van der Waals surface area contributed by atoms with E-state index in [1.165, 1.54) is 4.70 Å². The van der Waals surface area contributed by atoms with Gasteiger partial charge in [-0.2, -0.15) is 0 Å². The summed E-state index contributed by atoms with van der Waals surface area (Å²) in [5.41, 5.74) is 8.04. The van der Waals surface area contributed by atoms with Crippen molar-refractivity contribution in [3.8, 4) is 56.8 Å². The zero-order valence-electron chi connectivity index (χ0n) is 26.5. The van der Waals surface area contributed by atoms with Crippen LogP contribution in [0.2, 0.25) is 0 Å². The lowest BCUT2D eigenvalue weighted by Gasteiger charge is -2.09. The molecular formula is C43H25N5OS. The number of benzene rings is 6. The van der Waals surface area contributed by atoms with E-state index < -0.39 is 0 Å². The van der Waals surface area contributed by atoms with E-state index in [4.69, 9.17) is 29.3 Å². The highest BCUT2D eigenvalue weighted by Crippen LogP contribution is 2.42. The van der Waals surface area contributed by atoms with E-state index in [0.29, 0.717) is 23.3 Å². The molecule has 0 fully saturated rings. The highest BCUT2D eigenvalue weighted by atomic mass is 32.1. The van der Waals surface area contributed by atoms with Gasteiger partial charge < -0.3 is 4.42 Å². The average Bonchev–Trinajstić information content (AvgIpc) is 3.76. The molecule has 50 heavy (non-hydrogen) atoms. The number of furan rings is 1. The fourth-order valence-corrected chi connectivity index (χ4v) is 7.74. The molecule has 0 radical (unpaired) electrons. The fourth-order valence-electron chi connectivity index (χ4n) is 6.59. The normalized spacial score (nSPS) is 11.6. The Hall–Kier alpha value is -6.57. The lowest BCUT2D eigenvalue weighted by Crippen LogP contribution is -2.00. The summed E-state index contributed by atoms with van der Waals surface area (Å²) in [6.07, 6.45) is 0. The molecule has 10 aromatic rings. The smallest absolute Gasteiger partial charge is 0.164 e. The van der Waals surface area contributed by atoms with Crippen molar-refractivity contribution in [3.05, 3.63) is 152 Å². The van der Waals surface area contributed by atoms with Gasteiger partial charge in [-0.25, -0.2) is 24.9 Å². The van der Waals surface area contributed by atoms with Gasteiger partial charge in [0.15, 0.2) is 23.3 Å². The average molecular weight is 660 g/mol. The minimum atomic E-state index is 0.588. The van der Waals surface area contributed by atoms with Gasteiger partial charge in [-0.15, -0.1) is 11.3 Å². The summed E-state index contributed by atoms with van der Waals surface area (Å²) in [5.74, 6) is 2.52. The van der Waals surface area contributed by atoms with Crippen LogP contribution in [0.15, 0.2) is 156 Å². The van der Waals surface area contributed by atoms with Crippen LogP contribution in [0, 0.1) is 0 Å². The first-order valence-electron chi connectivity index (χ1n) is 16.3. The highest BCUT2D eigenvalue weighted by Gasteiger charge is 2.20. The van der Waals surface area contributed by atoms with Gasteiger partial charge in [-0.1, -0.05) is 127 Å². The number of fused-ring (bicyclic) bond motifs is 6. The Morgan fingerprint density at radius 3 is 1.70 bits per heavy atom. The van der Waals surface area contributed by atoms with Crippen LogP contribution in [-0.2, 0) is 0 Å². The minimum absolute atomic E-state index is 0.588. The Morgan fingerprint density at radius 1 is 0.420 bits per heavy atom. The highest BCUT2D eigenvalue weighted by molar-refractivity contribution is 7.26. The third-order valence-electron chi connectivity index (χ3n) is 8.96. The minimum Gasteiger partial charge on any atom is -0.456 e. The molecule has 4 aromatic heterocycles. The van der Waals surface area contributed by atoms with Crippen LogP contribution >= 0.6 is 11.3 Å². The topological polar surface area (TPSA) is 77.6 Å². The fraction of sp³-hybridized carbons (Fsp3) is 0. The molecule has 0 saturated heterocycles. The molecule has 6 nitrogen and oxygen atoms in total. The lowest BCUT2D eigenvalue weighted by molar-refractivity contribution is 0.669. The summed E-state index contributed by atoms with van der Waals surface area (Å²) < 4.78 is 8.81. The van der Waals surface area contributed by atoms with Gasteiger partial charge in [0.1, 0.15) is 11.2 Å². The molecule has 234 valence electrons. The molecule has 0 atom stereocenters. The van der Waals surface area contributed by atoms with Crippen LogP contribution in [0.3, 0.4) is 0 Å². The molecular weight excluding hydrogens is 635 g/mol. The first kappa shape index (κ1) is 28.4. The van der Waals surface area contributed by atoms with Gasteiger partial charge in [0.2, 0.25) is 0 Å². The number of hydrogen-bond donors (Lipinski definition) is 0. The van der Waals surface area contributed by atoms with Crippen LogP contribution in [0.5, 0.6) is 0 Å². The van der Waals surface area contributed by atoms with E-state index in [0.717, 1.165) is 71.1 Å². The Labute approximate surface area is 290 Å². The molecule has 0 unspecified atom stereocenters. The Morgan fingerprint density at radius 2 is 1.02 bits per heavy atom. The lowest BCUT2D eigenvalue weighted by atomic mass is 10.0. The van der Waals surface area contributed by atoms with E-state index >= 15 is 0 Å². The molecule has 0 bridgehead atoms. The number of hydrogen-bond acceptors (Lipinski definition) is 7. The first-order valence-corrected chi connectivity index (χ1v) is 17.2. The Bertz CT molecular complexity index is 2810. The van der Waals surface area contributed by atoms with E-state index in [1.54, 1.807) is 11.3 Å². The van der Waals surface area contributed by atoms with Gasteiger partial charge in [-0.3, -0.25) is 0 Å². The number of rotatable bonds is 5. The molecule has 0 aliphatic heterocycles. The first-order chi connectivity index (χ1) is 24.8. The molecule has 4 heterocycles. The number of aromatic nitrogens is 5. The maximum Gasteiger partial charge on any atom is 0.164 e. The summed E-state index contributed by atoms with van der Waals surface area (Å²) in [4.78, 5) is 25.2. The number of nitrogens with zero attached hydrogens (tertiary/aromatic N) is 5. The summed E-state index contributed by atoms with van der Waals surface area (Å²) in [6.45, 7) is 0. The second-order valence-corrected chi connectivity index (χ2v) is 13.1. The molecule has 6 aromatic carbocycles. The van der Waals surface area contributed by atoms with E-state index in [-0.39, 0.29) is 0 Å². The van der Waals surface area contributed by atoms with Crippen molar-refractivity contribution in [1.29, 1.82) is 0 Å². The maximum atomic E-state index is 6.58. The van der Waals surface area contributed by atoms with Crippen LogP contribution in [0.25, 0.3) is 99.1 Å². The van der Waals surface area contributed by atoms with Crippen LogP contribution in [0.1, 0.15) is 0 Å². The molecule has 0 aliphatic carbocycles. The van der Waals surface area contributed by atoms with Crippen molar-refractivity contribution in [2.45, 2.75) is 0 Å². The summed E-state index contributed by atoms with van der Waals surface area (Å²) in [5, 5.41) is 3.06. The summed E-state index contributed by atoms with van der Waals surface area (Å²) in [7, 11) is 0. The van der Waals surface area contributed by atoms with Crippen molar-refractivity contribution in [2.24, 2.45) is 0 Å². The van der Waals surface area contributed by atoms with Crippen LogP contribution in [-0.4, -0.2) is 24.9 Å². The predicted molar refractivity (Wildman–Crippen MR) is 203 cm³/mol. The molecule has 10 rings (SSSR count). The monoisotopic (exact) mass is 659 g/mol. The van der Waals surface area contributed by atoms with Gasteiger partial charge in [0.05, 0.1) is 15.9 Å². The molecule has 0 N–H and O–H groups in total. The van der Waals surface area contributed by atoms with Crippen molar-refractivity contribution in [3.63, 3.8) is 0 Å². The SMILES string of the molecule is c1ccc(-c2nc(-c3ccccc3)nc(-c3cccc4oc5cc(-c6nc(-c7ccccc7)nc7c6sc6ccccc67)ccc5c34)n2)cc1. The van der Waals surface area contributed by atoms with Crippen LogP contribution < -0.4 is 0 Å².